The Hall–Kier alpha value is -1.60. The van der Waals surface area contributed by atoms with Gasteiger partial charge in [-0.05, 0) is 36.9 Å². The maximum Gasteiger partial charge on any atom is 0.00326 e. The Balaban J connectivity index is 1.91. The van der Waals surface area contributed by atoms with Gasteiger partial charge in [0.05, 0.1) is 0 Å². The van der Waals surface area contributed by atoms with Gasteiger partial charge in [-0.2, -0.15) is 0 Å². The summed E-state index contributed by atoms with van der Waals surface area (Å²) in [5, 5.41) is 3.54. The highest BCUT2D eigenvalue weighted by Crippen LogP contribution is 2.37. The van der Waals surface area contributed by atoms with Crippen molar-refractivity contribution in [2.45, 2.75) is 25.2 Å². The maximum absolute atomic E-state index is 3.54. The zero-order valence-corrected chi connectivity index (χ0v) is 11.5. The Morgan fingerprint density at radius 1 is 0.842 bits per heavy atom. The number of nitrogens with one attached hydrogen (secondary N) is 1. The van der Waals surface area contributed by atoms with Crippen LogP contribution in [0.15, 0.2) is 54.6 Å². The number of hydrogen-bond donors (Lipinski definition) is 1. The Morgan fingerprint density at radius 3 is 2.26 bits per heavy atom. The minimum atomic E-state index is 0.595. The number of aryl methyl sites for hydroxylation is 1. The van der Waals surface area contributed by atoms with Gasteiger partial charge in [-0.1, -0.05) is 60.2 Å². The van der Waals surface area contributed by atoms with Crippen LogP contribution < -0.4 is 5.32 Å². The number of rotatable bonds is 2. The summed E-state index contributed by atoms with van der Waals surface area (Å²) in [6.07, 6.45) is 1.22. The van der Waals surface area contributed by atoms with Crippen LogP contribution in [0.2, 0.25) is 0 Å². The molecule has 1 aliphatic rings. The lowest BCUT2D eigenvalue weighted by Crippen LogP contribution is -2.33. The van der Waals surface area contributed by atoms with E-state index in [1.807, 2.05) is 0 Å². The van der Waals surface area contributed by atoms with Crippen molar-refractivity contribution in [1.29, 1.82) is 0 Å². The van der Waals surface area contributed by atoms with Gasteiger partial charge in [0.2, 0.25) is 0 Å². The van der Waals surface area contributed by atoms with Gasteiger partial charge in [-0.3, -0.25) is 0 Å². The fourth-order valence-electron chi connectivity index (χ4n) is 3.12. The molecule has 0 radical (unpaired) electrons. The summed E-state index contributed by atoms with van der Waals surface area (Å²) in [4.78, 5) is 0. The molecule has 1 saturated heterocycles. The van der Waals surface area contributed by atoms with Crippen LogP contribution in [0.25, 0.3) is 0 Å². The molecule has 0 aliphatic carbocycles. The van der Waals surface area contributed by atoms with Crippen molar-refractivity contribution in [3.8, 4) is 0 Å². The Kier molecular flexibility index (Phi) is 3.65. The summed E-state index contributed by atoms with van der Waals surface area (Å²) < 4.78 is 0. The van der Waals surface area contributed by atoms with Crippen LogP contribution in [0, 0.1) is 6.92 Å². The molecule has 98 valence electrons. The normalized spacial score (nSPS) is 23.2. The van der Waals surface area contributed by atoms with Crippen molar-refractivity contribution in [3.63, 3.8) is 0 Å². The largest absolute Gasteiger partial charge is 0.316 e. The van der Waals surface area contributed by atoms with Gasteiger partial charge >= 0.3 is 0 Å². The highest BCUT2D eigenvalue weighted by atomic mass is 14.9. The van der Waals surface area contributed by atoms with Crippen LogP contribution >= 0.6 is 0 Å². The van der Waals surface area contributed by atoms with Gasteiger partial charge in [0, 0.05) is 12.5 Å². The van der Waals surface area contributed by atoms with E-state index in [-0.39, 0.29) is 0 Å². The van der Waals surface area contributed by atoms with E-state index in [4.69, 9.17) is 0 Å². The van der Waals surface area contributed by atoms with Crippen LogP contribution in [-0.2, 0) is 0 Å². The van der Waals surface area contributed by atoms with E-state index < -0.39 is 0 Å². The summed E-state index contributed by atoms with van der Waals surface area (Å²) in [5.74, 6) is 1.24. The summed E-state index contributed by atoms with van der Waals surface area (Å²) in [5.41, 5.74) is 4.29. The Morgan fingerprint density at radius 2 is 1.53 bits per heavy atom. The molecule has 0 amide bonds. The minimum absolute atomic E-state index is 0.595. The molecule has 1 nitrogen and oxygen atoms in total. The molecule has 2 atom stereocenters. The first-order valence-corrected chi connectivity index (χ1v) is 7.17. The standard InChI is InChI=1S/C18H21N/c1-14-7-9-16(10-8-14)17-11-12-19-13-18(17)15-5-3-2-4-6-15/h2-10,17-19H,11-13H2,1H3. The van der Waals surface area contributed by atoms with Crippen molar-refractivity contribution in [1.82, 2.24) is 5.32 Å². The summed E-state index contributed by atoms with van der Waals surface area (Å²) in [6.45, 7) is 4.37. The van der Waals surface area contributed by atoms with Crippen LogP contribution in [0.1, 0.15) is 34.9 Å². The quantitative estimate of drug-likeness (QED) is 0.854. The zero-order chi connectivity index (χ0) is 13.1. The molecule has 0 spiro atoms. The molecule has 1 aliphatic heterocycles. The van der Waals surface area contributed by atoms with Gasteiger partial charge in [0.1, 0.15) is 0 Å². The Bertz CT molecular complexity index is 515. The first-order chi connectivity index (χ1) is 9.34. The highest BCUT2D eigenvalue weighted by molar-refractivity contribution is 5.31. The summed E-state index contributed by atoms with van der Waals surface area (Å²) in [6, 6.07) is 20.0. The maximum atomic E-state index is 3.54. The number of benzene rings is 2. The molecule has 1 fully saturated rings. The molecule has 0 bridgehead atoms. The molecule has 1 heterocycles. The topological polar surface area (TPSA) is 12.0 Å². The third-order valence-corrected chi connectivity index (χ3v) is 4.22. The second-order valence-corrected chi connectivity index (χ2v) is 5.53. The average Bonchev–Trinajstić information content (AvgIpc) is 2.49. The molecule has 3 rings (SSSR count). The lowest BCUT2D eigenvalue weighted by Gasteiger charge is -2.33. The fraction of sp³-hybridized carbons (Fsp3) is 0.333. The van der Waals surface area contributed by atoms with E-state index in [0.717, 1.165) is 13.1 Å². The van der Waals surface area contributed by atoms with Crippen molar-refractivity contribution >= 4 is 0 Å². The number of piperidine rings is 1. The van der Waals surface area contributed by atoms with E-state index in [1.165, 1.54) is 23.1 Å². The molecule has 0 aromatic heterocycles. The minimum Gasteiger partial charge on any atom is -0.316 e. The van der Waals surface area contributed by atoms with E-state index in [2.05, 4.69) is 66.8 Å². The predicted octanol–water partition coefficient (Wildman–Crippen LogP) is 3.86. The van der Waals surface area contributed by atoms with Crippen molar-refractivity contribution in [3.05, 3.63) is 71.3 Å². The van der Waals surface area contributed by atoms with E-state index in [1.54, 1.807) is 0 Å². The molecule has 1 heteroatoms. The molecule has 1 N–H and O–H groups in total. The molecule has 19 heavy (non-hydrogen) atoms. The van der Waals surface area contributed by atoms with Gasteiger partial charge in [0.25, 0.3) is 0 Å². The van der Waals surface area contributed by atoms with Crippen LogP contribution in [0.5, 0.6) is 0 Å². The van der Waals surface area contributed by atoms with Crippen LogP contribution in [0.3, 0.4) is 0 Å². The monoisotopic (exact) mass is 251 g/mol. The second kappa shape index (κ2) is 5.58. The van der Waals surface area contributed by atoms with Crippen molar-refractivity contribution < 1.29 is 0 Å². The summed E-state index contributed by atoms with van der Waals surface area (Å²) >= 11 is 0. The number of hydrogen-bond acceptors (Lipinski definition) is 1. The fourth-order valence-corrected chi connectivity index (χ4v) is 3.12. The van der Waals surface area contributed by atoms with Gasteiger partial charge in [-0.25, -0.2) is 0 Å². The first-order valence-electron chi connectivity index (χ1n) is 7.17. The molecular weight excluding hydrogens is 230 g/mol. The van der Waals surface area contributed by atoms with Gasteiger partial charge < -0.3 is 5.32 Å². The van der Waals surface area contributed by atoms with Gasteiger partial charge in [0.15, 0.2) is 0 Å². The molecule has 2 aromatic carbocycles. The third-order valence-electron chi connectivity index (χ3n) is 4.22. The van der Waals surface area contributed by atoms with Crippen LogP contribution in [0.4, 0.5) is 0 Å². The molecular formula is C18H21N. The summed E-state index contributed by atoms with van der Waals surface area (Å²) in [7, 11) is 0. The van der Waals surface area contributed by atoms with Gasteiger partial charge in [-0.15, -0.1) is 0 Å². The van der Waals surface area contributed by atoms with Crippen LogP contribution in [-0.4, -0.2) is 13.1 Å². The molecule has 0 saturated carbocycles. The Labute approximate surface area is 115 Å². The third kappa shape index (κ3) is 2.71. The van der Waals surface area contributed by atoms with E-state index in [0.29, 0.717) is 11.8 Å². The van der Waals surface area contributed by atoms with Crippen molar-refractivity contribution in [2.24, 2.45) is 0 Å². The highest BCUT2D eigenvalue weighted by Gasteiger charge is 2.27. The lowest BCUT2D eigenvalue weighted by atomic mass is 9.77. The van der Waals surface area contributed by atoms with E-state index in [9.17, 15) is 0 Å². The SMILES string of the molecule is Cc1ccc(C2CCNCC2c2ccccc2)cc1. The lowest BCUT2D eigenvalue weighted by molar-refractivity contribution is 0.404. The predicted molar refractivity (Wildman–Crippen MR) is 80.6 cm³/mol. The van der Waals surface area contributed by atoms with Crippen molar-refractivity contribution in [2.75, 3.05) is 13.1 Å². The van der Waals surface area contributed by atoms with E-state index >= 15 is 0 Å². The second-order valence-electron chi connectivity index (χ2n) is 5.53. The molecule has 2 aromatic rings. The molecule has 2 unspecified atom stereocenters. The first kappa shape index (κ1) is 12.4. The smallest absolute Gasteiger partial charge is 0.00326 e. The average molecular weight is 251 g/mol. The zero-order valence-electron chi connectivity index (χ0n) is 11.5.